The van der Waals surface area contributed by atoms with E-state index >= 15 is 0 Å². The van der Waals surface area contributed by atoms with Gasteiger partial charge in [0.25, 0.3) is 0 Å². The molecule has 0 spiro atoms. The number of benzene rings is 9. The molecule has 1 heterocycles. The molecule has 1 aliphatic rings. The zero-order chi connectivity index (χ0) is 46.8. The lowest BCUT2D eigenvalue weighted by Gasteiger charge is -2.45. The Morgan fingerprint density at radius 3 is 1.53 bits per heavy atom. The first-order valence-corrected chi connectivity index (χ1v) is 24.5. The molecule has 0 bridgehead atoms. The van der Waals surface area contributed by atoms with E-state index in [1.54, 1.807) is 0 Å². The van der Waals surface area contributed by atoms with Crippen LogP contribution < -0.4 is 0 Å². The van der Waals surface area contributed by atoms with Gasteiger partial charge in [-0.2, -0.15) is 0 Å². The second-order valence-corrected chi connectivity index (χ2v) is 21.7. The van der Waals surface area contributed by atoms with Gasteiger partial charge in [0.05, 0.1) is 16.4 Å². The Balaban J connectivity index is 1.05. The molecule has 0 saturated carbocycles. The molecular weight excluding hydrogens is 819 g/mol. The summed E-state index contributed by atoms with van der Waals surface area (Å²) in [5, 5.41) is 2.57. The molecule has 0 radical (unpaired) electrons. The van der Waals surface area contributed by atoms with Gasteiger partial charge in [-0.25, -0.2) is 0 Å². The lowest BCUT2D eigenvalue weighted by Crippen LogP contribution is -2.41. The van der Waals surface area contributed by atoms with Crippen molar-refractivity contribution in [3.63, 3.8) is 0 Å². The van der Waals surface area contributed by atoms with Gasteiger partial charge >= 0.3 is 0 Å². The highest BCUT2D eigenvalue weighted by molar-refractivity contribution is 6.09. The Kier molecular flexibility index (Phi) is 10.5. The van der Waals surface area contributed by atoms with Gasteiger partial charge in [-0.05, 0) is 126 Å². The normalized spacial score (nSPS) is 13.5. The van der Waals surface area contributed by atoms with Crippen LogP contribution in [0.1, 0.15) is 87.4 Å². The maximum absolute atomic E-state index is 2.59. The number of hydrogen-bond donors (Lipinski definition) is 0. The first-order chi connectivity index (χ1) is 32.8. The van der Waals surface area contributed by atoms with E-state index < -0.39 is 0 Å². The maximum Gasteiger partial charge on any atom is 0.0544 e. The van der Waals surface area contributed by atoms with Crippen molar-refractivity contribution in [1.29, 1.82) is 0 Å². The fourth-order valence-electron chi connectivity index (χ4n) is 12.2. The van der Waals surface area contributed by atoms with Crippen LogP contribution in [0, 0.1) is 5.41 Å². The molecule has 0 amide bonds. The van der Waals surface area contributed by atoms with Crippen molar-refractivity contribution in [2.45, 2.75) is 77.6 Å². The lowest BCUT2D eigenvalue weighted by atomic mass is 9.57. The molecule has 0 atom stereocenters. The second kappa shape index (κ2) is 16.5. The first-order valence-electron chi connectivity index (χ1n) is 24.5. The van der Waals surface area contributed by atoms with Crippen LogP contribution in [0.2, 0.25) is 0 Å². The van der Waals surface area contributed by atoms with Crippen molar-refractivity contribution in [2.24, 2.45) is 5.41 Å². The van der Waals surface area contributed by atoms with Gasteiger partial charge in [-0.15, -0.1) is 0 Å². The summed E-state index contributed by atoms with van der Waals surface area (Å²) >= 11 is 0. The minimum atomic E-state index is -0.368. The third-order valence-corrected chi connectivity index (χ3v) is 15.3. The summed E-state index contributed by atoms with van der Waals surface area (Å²) in [5.74, 6) is 0. The van der Waals surface area contributed by atoms with Crippen LogP contribution >= 0.6 is 0 Å². The van der Waals surface area contributed by atoms with Crippen molar-refractivity contribution in [1.82, 2.24) is 4.57 Å². The molecule has 0 aliphatic heterocycles. The van der Waals surface area contributed by atoms with Gasteiger partial charge in [0.2, 0.25) is 0 Å². The topological polar surface area (TPSA) is 4.93 Å². The summed E-state index contributed by atoms with van der Waals surface area (Å²) < 4.78 is 2.45. The van der Waals surface area contributed by atoms with E-state index in [1.165, 1.54) is 99.8 Å². The smallest absolute Gasteiger partial charge is 0.0544 e. The Bertz CT molecular complexity index is 3420. The molecule has 0 N–H and O–H groups in total. The SMILES string of the molecule is CC(C)(Cc1cc(CC(C)(C)c2ccccc2-c2ccc(-c3ccccc3)cc2)cc(C2(C(C)(C)C)c3ccccc3-c3ccccc32)c1)c1ccc2c3ccccc3n(-c3ccccc3)c2c1. The predicted molar refractivity (Wildman–Crippen MR) is 289 cm³/mol. The Morgan fingerprint density at radius 2 is 0.882 bits per heavy atom. The molecule has 1 nitrogen and oxygen atoms in total. The number of para-hydroxylation sites is 2. The molecule has 68 heavy (non-hydrogen) atoms. The number of fused-ring (bicyclic) bond motifs is 6. The van der Waals surface area contributed by atoms with Crippen LogP contribution in [0.5, 0.6) is 0 Å². The lowest BCUT2D eigenvalue weighted by molar-refractivity contribution is 0.277. The standard InChI is InChI=1S/C67H61N/c1-64(2,3)67(60-31-19-15-27-55(60)56-28-16-20-32-61(56)67)52-41-46(44-65(4,5)51-38-39-58-57-29-17-21-33-62(57)68(63(58)43-51)53-24-12-9-13-25-53)40-47(42-52)45-66(6,7)59-30-18-14-26-54(59)50-36-34-49(35-37-50)48-22-10-8-11-23-48/h8-43H,44-45H2,1-7H3. The predicted octanol–water partition coefficient (Wildman–Crippen LogP) is 17.5. The third kappa shape index (κ3) is 7.23. The summed E-state index contributed by atoms with van der Waals surface area (Å²) in [7, 11) is 0. The molecule has 11 rings (SSSR count). The Hall–Kier alpha value is -7.22. The highest BCUT2D eigenvalue weighted by Gasteiger charge is 2.52. The van der Waals surface area contributed by atoms with Gasteiger partial charge in [-0.3, -0.25) is 0 Å². The van der Waals surface area contributed by atoms with Crippen molar-refractivity contribution in [3.8, 4) is 39.1 Å². The summed E-state index contributed by atoms with van der Waals surface area (Å²) in [6.07, 6.45) is 1.78. The van der Waals surface area contributed by atoms with Crippen LogP contribution in [0.3, 0.4) is 0 Å². The molecule has 0 unspecified atom stereocenters. The van der Waals surface area contributed by atoms with E-state index in [0.29, 0.717) is 0 Å². The van der Waals surface area contributed by atoms with Crippen LogP contribution in [0.15, 0.2) is 218 Å². The summed E-state index contributed by atoms with van der Waals surface area (Å²) in [6, 6.07) is 81.9. The molecule has 1 aliphatic carbocycles. The van der Waals surface area contributed by atoms with Crippen molar-refractivity contribution >= 4 is 21.8 Å². The Morgan fingerprint density at radius 1 is 0.382 bits per heavy atom. The number of nitrogens with zero attached hydrogens (tertiary/aromatic N) is 1. The molecular formula is C67H61N. The maximum atomic E-state index is 2.59. The highest BCUT2D eigenvalue weighted by atomic mass is 15.0. The second-order valence-electron chi connectivity index (χ2n) is 21.7. The van der Waals surface area contributed by atoms with Gasteiger partial charge in [-0.1, -0.05) is 243 Å². The average Bonchev–Trinajstić information content (AvgIpc) is 3.85. The van der Waals surface area contributed by atoms with E-state index in [4.69, 9.17) is 0 Å². The molecule has 334 valence electrons. The highest BCUT2D eigenvalue weighted by Crippen LogP contribution is 2.61. The van der Waals surface area contributed by atoms with Gasteiger partial charge in [0, 0.05) is 16.5 Å². The molecule has 0 saturated heterocycles. The van der Waals surface area contributed by atoms with Crippen molar-refractivity contribution < 1.29 is 0 Å². The minimum absolute atomic E-state index is 0.148. The monoisotopic (exact) mass is 879 g/mol. The van der Waals surface area contributed by atoms with Crippen LogP contribution in [0.25, 0.3) is 60.9 Å². The minimum Gasteiger partial charge on any atom is -0.309 e. The van der Waals surface area contributed by atoms with E-state index in [9.17, 15) is 0 Å². The molecule has 1 heteroatoms. The summed E-state index contributed by atoms with van der Waals surface area (Å²) in [4.78, 5) is 0. The van der Waals surface area contributed by atoms with E-state index in [0.717, 1.165) is 12.8 Å². The molecule has 10 aromatic rings. The van der Waals surface area contributed by atoms with E-state index in [2.05, 4.69) is 271 Å². The number of aromatic nitrogens is 1. The zero-order valence-corrected chi connectivity index (χ0v) is 40.6. The van der Waals surface area contributed by atoms with Gasteiger partial charge in [0.15, 0.2) is 0 Å². The van der Waals surface area contributed by atoms with E-state index in [-0.39, 0.29) is 21.7 Å². The van der Waals surface area contributed by atoms with Crippen LogP contribution in [-0.4, -0.2) is 4.57 Å². The summed E-state index contributed by atoms with van der Waals surface area (Å²) in [6.45, 7) is 17.1. The van der Waals surface area contributed by atoms with E-state index in [1.807, 2.05) is 0 Å². The van der Waals surface area contributed by atoms with Gasteiger partial charge in [0.1, 0.15) is 0 Å². The summed E-state index contributed by atoms with van der Waals surface area (Å²) in [5.41, 5.74) is 20.1. The number of rotatable bonds is 10. The van der Waals surface area contributed by atoms with Crippen molar-refractivity contribution in [3.05, 3.63) is 257 Å². The first kappa shape index (κ1) is 43.4. The van der Waals surface area contributed by atoms with Crippen LogP contribution in [0.4, 0.5) is 0 Å². The fraction of sp³-hybridized carbons (Fsp3) is 0.194. The fourth-order valence-corrected chi connectivity index (χ4v) is 12.2. The van der Waals surface area contributed by atoms with Crippen LogP contribution in [-0.2, 0) is 29.1 Å². The largest absolute Gasteiger partial charge is 0.309 e. The number of hydrogen-bond acceptors (Lipinski definition) is 0. The molecule has 1 aromatic heterocycles. The zero-order valence-electron chi connectivity index (χ0n) is 40.6. The van der Waals surface area contributed by atoms with Crippen molar-refractivity contribution in [2.75, 3.05) is 0 Å². The van der Waals surface area contributed by atoms with Gasteiger partial charge < -0.3 is 4.57 Å². The third-order valence-electron chi connectivity index (χ3n) is 15.3. The Labute approximate surface area is 403 Å². The quantitative estimate of drug-likeness (QED) is 0.129. The molecule has 9 aromatic carbocycles. The average molecular weight is 880 g/mol. The molecule has 0 fully saturated rings.